The third kappa shape index (κ3) is 6.59. The molecule has 2 amide bonds. The van der Waals surface area contributed by atoms with Crippen LogP contribution in [0.4, 0.5) is 5.95 Å². The van der Waals surface area contributed by atoms with Crippen LogP contribution < -0.4 is 10.6 Å². The number of tetrazole rings is 1. The summed E-state index contributed by atoms with van der Waals surface area (Å²) in [5, 5.41) is 21.2. The third-order valence-corrected chi connectivity index (χ3v) is 6.14. The second-order valence-corrected chi connectivity index (χ2v) is 9.11. The average molecular weight is 572 g/mol. The van der Waals surface area contributed by atoms with Gasteiger partial charge < -0.3 is 10.1 Å². The van der Waals surface area contributed by atoms with Crippen LogP contribution in [0.5, 0.6) is 0 Å². The number of benzene rings is 2. The molecule has 0 spiro atoms. The first-order valence-electron chi connectivity index (χ1n) is 12.2. The van der Waals surface area contributed by atoms with Gasteiger partial charge >= 0.3 is 5.97 Å². The molecule has 0 saturated carbocycles. The van der Waals surface area contributed by atoms with Crippen molar-refractivity contribution in [1.82, 2.24) is 40.1 Å². The van der Waals surface area contributed by atoms with E-state index in [2.05, 4.69) is 36.2 Å². The van der Waals surface area contributed by atoms with Crippen LogP contribution in [0, 0.1) is 0 Å². The second kappa shape index (κ2) is 12.2. The Morgan fingerprint density at radius 3 is 2.68 bits per heavy atom. The summed E-state index contributed by atoms with van der Waals surface area (Å²) in [7, 11) is 1.28. The van der Waals surface area contributed by atoms with E-state index >= 15 is 0 Å². The molecule has 206 valence electrons. The van der Waals surface area contributed by atoms with Crippen LogP contribution in [0.25, 0.3) is 17.4 Å². The summed E-state index contributed by atoms with van der Waals surface area (Å²) in [4.78, 5) is 42.4. The van der Waals surface area contributed by atoms with Gasteiger partial charge in [-0.05, 0) is 52.4 Å². The number of hydrogen-bond donors (Lipinski definition) is 2. The van der Waals surface area contributed by atoms with Gasteiger partial charge in [-0.15, -0.1) is 10.2 Å². The number of anilines is 1. The number of pyridine rings is 1. The van der Waals surface area contributed by atoms with Gasteiger partial charge in [0, 0.05) is 29.3 Å². The Balaban J connectivity index is 1.35. The van der Waals surface area contributed by atoms with E-state index in [-0.39, 0.29) is 17.9 Å². The number of nitrogens with zero attached hydrogens (tertiary/aromatic N) is 7. The summed E-state index contributed by atoms with van der Waals surface area (Å²) < 4.78 is 7.52. The van der Waals surface area contributed by atoms with Gasteiger partial charge in [0.05, 0.1) is 18.4 Å². The molecule has 1 unspecified atom stereocenters. The van der Waals surface area contributed by atoms with Crippen LogP contribution >= 0.6 is 11.6 Å². The monoisotopic (exact) mass is 571 g/mol. The maximum absolute atomic E-state index is 13.3. The first-order valence-corrected chi connectivity index (χ1v) is 12.6. The van der Waals surface area contributed by atoms with Crippen molar-refractivity contribution in [2.75, 3.05) is 12.4 Å². The minimum absolute atomic E-state index is 0.00452. The molecule has 0 fully saturated rings. The average Bonchev–Trinajstić information content (AvgIpc) is 3.65. The highest BCUT2D eigenvalue weighted by Gasteiger charge is 2.22. The van der Waals surface area contributed by atoms with Crippen molar-refractivity contribution in [2.45, 2.75) is 12.5 Å². The molecule has 3 heterocycles. The van der Waals surface area contributed by atoms with Crippen LogP contribution in [0.1, 0.15) is 21.5 Å². The van der Waals surface area contributed by atoms with E-state index in [4.69, 9.17) is 16.3 Å². The van der Waals surface area contributed by atoms with E-state index in [1.807, 2.05) is 30.3 Å². The highest BCUT2D eigenvalue weighted by atomic mass is 35.5. The van der Waals surface area contributed by atoms with Crippen LogP contribution in [0.3, 0.4) is 0 Å². The van der Waals surface area contributed by atoms with Crippen molar-refractivity contribution in [3.63, 3.8) is 0 Å². The molecule has 0 radical (unpaired) electrons. The SMILES string of the molecule is COC(=O)c1ccc2nc(NC(=O)C(Cc3ccccc3)NC(=O)C=Cc3cc(Cl)ccc3-n3cnnn3)nn2c1. The molecule has 0 aliphatic rings. The van der Waals surface area contributed by atoms with Crippen molar-refractivity contribution < 1.29 is 19.1 Å². The van der Waals surface area contributed by atoms with Gasteiger partial charge in [0.25, 0.3) is 0 Å². The fraction of sp³-hybridized carbons (Fsp3) is 0.111. The van der Waals surface area contributed by atoms with Crippen LogP contribution in [0.2, 0.25) is 5.02 Å². The number of fused-ring (bicyclic) bond motifs is 1. The van der Waals surface area contributed by atoms with Crippen molar-refractivity contribution in [3.8, 4) is 5.69 Å². The smallest absolute Gasteiger partial charge is 0.339 e. The summed E-state index contributed by atoms with van der Waals surface area (Å²) in [6.45, 7) is 0. The number of nitrogens with one attached hydrogen (secondary N) is 2. The van der Waals surface area contributed by atoms with E-state index < -0.39 is 23.8 Å². The fourth-order valence-electron chi connectivity index (χ4n) is 3.96. The molecule has 1 atom stereocenters. The molecule has 5 aromatic rings. The molecule has 3 aromatic heterocycles. The van der Waals surface area contributed by atoms with Gasteiger partial charge in [-0.25, -0.2) is 9.31 Å². The van der Waals surface area contributed by atoms with Gasteiger partial charge in [-0.2, -0.15) is 9.67 Å². The van der Waals surface area contributed by atoms with Crippen molar-refractivity contribution in [2.24, 2.45) is 0 Å². The zero-order chi connectivity index (χ0) is 28.8. The normalized spacial score (nSPS) is 11.9. The van der Waals surface area contributed by atoms with Gasteiger partial charge in [-0.3, -0.25) is 14.9 Å². The molecule has 0 aliphatic heterocycles. The highest BCUT2D eigenvalue weighted by Crippen LogP contribution is 2.20. The topological polar surface area (TPSA) is 158 Å². The Morgan fingerprint density at radius 1 is 1.10 bits per heavy atom. The predicted molar refractivity (Wildman–Crippen MR) is 148 cm³/mol. The molecule has 2 N–H and O–H groups in total. The Bertz CT molecular complexity index is 1740. The second-order valence-electron chi connectivity index (χ2n) is 8.68. The highest BCUT2D eigenvalue weighted by molar-refractivity contribution is 6.30. The Labute approximate surface area is 237 Å². The maximum atomic E-state index is 13.3. The summed E-state index contributed by atoms with van der Waals surface area (Å²) in [6.07, 6.45) is 5.92. The number of carbonyl (C=O) groups is 3. The first-order chi connectivity index (χ1) is 19.9. The van der Waals surface area contributed by atoms with Gasteiger partial charge in [0.2, 0.25) is 17.8 Å². The Morgan fingerprint density at radius 2 is 1.93 bits per heavy atom. The van der Waals surface area contributed by atoms with Crippen LogP contribution in [-0.2, 0) is 20.7 Å². The summed E-state index contributed by atoms with van der Waals surface area (Å²) >= 11 is 6.16. The van der Waals surface area contributed by atoms with Crippen molar-refractivity contribution >= 4 is 47.1 Å². The third-order valence-electron chi connectivity index (χ3n) is 5.90. The summed E-state index contributed by atoms with van der Waals surface area (Å²) in [5.41, 5.74) is 2.70. The van der Waals surface area contributed by atoms with E-state index in [1.54, 1.807) is 30.3 Å². The molecular formula is C27H22ClN9O4. The summed E-state index contributed by atoms with van der Waals surface area (Å²) in [6, 6.07) is 16.5. The van der Waals surface area contributed by atoms with E-state index in [0.29, 0.717) is 21.9 Å². The molecule has 0 aliphatic carbocycles. The van der Waals surface area contributed by atoms with E-state index in [0.717, 1.165) is 5.56 Å². The van der Waals surface area contributed by atoms with Crippen LogP contribution in [-0.4, -0.2) is 65.7 Å². The molecule has 0 bridgehead atoms. The standard InChI is InChI=1S/C27H22ClN9O4/c1-41-26(40)19-7-11-23-31-27(33-36(23)15-19)32-25(39)21(13-17-5-3-2-4-6-17)30-24(38)12-8-18-14-20(28)9-10-22(18)37-16-29-34-35-37/h2-12,14-16,21H,13H2,1H3,(H,30,38)(H,32,33,39). The number of aromatic nitrogens is 7. The Kier molecular flexibility index (Phi) is 8.06. The molecule has 2 aromatic carbocycles. The molecule has 41 heavy (non-hydrogen) atoms. The zero-order valence-electron chi connectivity index (χ0n) is 21.5. The van der Waals surface area contributed by atoms with Crippen molar-refractivity contribution in [1.29, 1.82) is 0 Å². The Hall–Kier alpha value is -5.43. The quantitative estimate of drug-likeness (QED) is 0.200. The number of amides is 2. The number of esters is 1. The number of ether oxygens (including phenoxy) is 1. The fourth-order valence-corrected chi connectivity index (χ4v) is 4.14. The molecule has 13 nitrogen and oxygen atoms in total. The van der Waals surface area contributed by atoms with Crippen LogP contribution in [0.15, 0.2) is 79.3 Å². The largest absolute Gasteiger partial charge is 0.465 e. The molecule has 5 rings (SSSR count). The lowest BCUT2D eigenvalue weighted by atomic mass is 10.1. The number of carbonyl (C=O) groups excluding carboxylic acids is 3. The summed E-state index contributed by atoms with van der Waals surface area (Å²) in [5.74, 6) is -1.58. The lowest BCUT2D eigenvalue weighted by Crippen LogP contribution is -2.44. The maximum Gasteiger partial charge on any atom is 0.339 e. The number of rotatable bonds is 9. The lowest BCUT2D eigenvalue weighted by Gasteiger charge is -2.17. The zero-order valence-corrected chi connectivity index (χ0v) is 22.3. The number of hydrogen-bond acceptors (Lipinski definition) is 9. The van der Waals surface area contributed by atoms with E-state index in [1.165, 1.54) is 41.0 Å². The lowest BCUT2D eigenvalue weighted by molar-refractivity contribution is -0.123. The van der Waals surface area contributed by atoms with Gasteiger partial charge in [-0.1, -0.05) is 41.9 Å². The minimum Gasteiger partial charge on any atom is -0.465 e. The van der Waals surface area contributed by atoms with Gasteiger partial charge in [0.1, 0.15) is 12.4 Å². The molecule has 14 heteroatoms. The number of halogens is 1. The number of methoxy groups -OCH3 is 1. The first kappa shape index (κ1) is 27.1. The minimum atomic E-state index is -0.967. The molecular weight excluding hydrogens is 550 g/mol. The van der Waals surface area contributed by atoms with Gasteiger partial charge in [0.15, 0.2) is 5.65 Å². The molecule has 0 saturated heterocycles. The van der Waals surface area contributed by atoms with E-state index in [9.17, 15) is 14.4 Å². The van der Waals surface area contributed by atoms with Crippen molar-refractivity contribution in [3.05, 3.63) is 101 Å². The predicted octanol–water partition coefficient (Wildman–Crippen LogP) is 2.52.